The molecule has 0 bridgehead atoms. The van der Waals surface area contributed by atoms with Crippen LogP contribution >= 0.6 is 0 Å². The molecule has 0 aliphatic carbocycles. The quantitative estimate of drug-likeness (QED) is 0.832. The number of nitrogens with zero attached hydrogens (tertiary/aromatic N) is 1. The summed E-state index contributed by atoms with van der Waals surface area (Å²) in [4.78, 5) is 2.42. The van der Waals surface area contributed by atoms with Gasteiger partial charge in [-0.05, 0) is 37.9 Å². The van der Waals surface area contributed by atoms with Gasteiger partial charge in [-0.2, -0.15) is 0 Å². The van der Waals surface area contributed by atoms with Crippen LogP contribution in [0.4, 0.5) is 0 Å². The second-order valence-corrected chi connectivity index (χ2v) is 4.88. The predicted octanol–water partition coefficient (Wildman–Crippen LogP) is 1.83. The Hall–Kier alpha value is -0.860. The lowest BCUT2D eigenvalue weighted by Gasteiger charge is -2.31. The average molecular weight is 218 g/mol. The van der Waals surface area contributed by atoms with Gasteiger partial charge in [0.15, 0.2) is 0 Å². The number of aryl methyl sites for hydroxylation is 2. The minimum Gasteiger partial charge on any atom is -0.311 e. The Morgan fingerprint density at radius 1 is 1.38 bits per heavy atom. The lowest BCUT2D eigenvalue weighted by atomic mass is 10.00. The third-order valence-corrected chi connectivity index (χ3v) is 3.48. The number of hydrogen-bond donors (Lipinski definition) is 1. The molecule has 1 fully saturated rings. The van der Waals surface area contributed by atoms with E-state index < -0.39 is 0 Å². The van der Waals surface area contributed by atoms with Gasteiger partial charge >= 0.3 is 0 Å². The highest BCUT2D eigenvalue weighted by atomic mass is 15.2. The molecule has 2 heteroatoms. The molecular formula is C14H22N2. The summed E-state index contributed by atoms with van der Waals surface area (Å²) < 4.78 is 0. The van der Waals surface area contributed by atoms with Crippen molar-refractivity contribution in [2.24, 2.45) is 0 Å². The van der Waals surface area contributed by atoms with Crippen molar-refractivity contribution in [1.29, 1.82) is 0 Å². The fraction of sp³-hybridized carbons (Fsp3) is 0.571. The van der Waals surface area contributed by atoms with Gasteiger partial charge in [0.25, 0.3) is 0 Å². The van der Waals surface area contributed by atoms with Crippen molar-refractivity contribution in [2.45, 2.75) is 25.8 Å². The van der Waals surface area contributed by atoms with Crippen LogP contribution in [0.1, 0.15) is 17.5 Å². The first-order valence-corrected chi connectivity index (χ1v) is 6.22. The third kappa shape index (κ3) is 3.06. The maximum atomic E-state index is 3.60. The number of hydrogen-bond acceptors (Lipinski definition) is 2. The summed E-state index contributed by atoms with van der Waals surface area (Å²) >= 11 is 0. The van der Waals surface area contributed by atoms with E-state index in [2.05, 4.69) is 48.5 Å². The molecule has 0 saturated carbocycles. The first-order valence-electron chi connectivity index (χ1n) is 6.22. The topological polar surface area (TPSA) is 15.3 Å². The van der Waals surface area contributed by atoms with Crippen LogP contribution in [-0.4, -0.2) is 37.6 Å². The molecule has 1 atom stereocenters. The van der Waals surface area contributed by atoms with Gasteiger partial charge in [-0.1, -0.05) is 24.3 Å². The Morgan fingerprint density at radius 3 is 2.94 bits per heavy atom. The van der Waals surface area contributed by atoms with Crippen LogP contribution in [0.3, 0.4) is 0 Å². The summed E-state index contributed by atoms with van der Waals surface area (Å²) in [6.07, 6.45) is 2.44. The Labute approximate surface area is 98.7 Å². The standard InChI is InChI=1S/C14H22N2/c1-12-5-3-4-6-13(12)7-8-14-11-16(2)10-9-15-14/h3-6,14-15H,7-11H2,1-2H3. The molecule has 2 rings (SSSR count). The lowest BCUT2D eigenvalue weighted by Crippen LogP contribution is -2.49. The molecule has 1 saturated heterocycles. The zero-order valence-electron chi connectivity index (χ0n) is 10.4. The van der Waals surface area contributed by atoms with E-state index in [1.54, 1.807) is 0 Å². The summed E-state index contributed by atoms with van der Waals surface area (Å²) in [7, 11) is 2.21. The van der Waals surface area contributed by atoms with E-state index in [-0.39, 0.29) is 0 Å². The molecular weight excluding hydrogens is 196 g/mol. The minimum atomic E-state index is 0.665. The fourth-order valence-electron chi connectivity index (χ4n) is 2.41. The Morgan fingerprint density at radius 2 is 2.19 bits per heavy atom. The van der Waals surface area contributed by atoms with Gasteiger partial charge in [0.2, 0.25) is 0 Å². The first-order chi connectivity index (χ1) is 7.75. The van der Waals surface area contributed by atoms with E-state index >= 15 is 0 Å². The molecule has 16 heavy (non-hydrogen) atoms. The molecule has 1 aromatic rings. The molecule has 1 aliphatic rings. The minimum absolute atomic E-state index is 0.665. The van der Waals surface area contributed by atoms with Crippen LogP contribution in [0.5, 0.6) is 0 Å². The van der Waals surface area contributed by atoms with Crippen molar-refractivity contribution in [3.8, 4) is 0 Å². The molecule has 2 nitrogen and oxygen atoms in total. The summed E-state index contributed by atoms with van der Waals surface area (Å²) in [6, 6.07) is 9.38. The molecule has 1 aromatic carbocycles. The maximum Gasteiger partial charge on any atom is 0.0198 e. The summed E-state index contributed by atoms with van der Waals surface area (Å²) in [5, 5.41) is 3.60. The number of rotatable bonds is 3. The van der Waals surface area contributed by atoms with Gasteiger partial charge in [-0.3, -0.25) is 0 Å². The largest absolute Gasteiger partial charge is 0.311 e. The van der Waals surface area contributed by atoms with Crippen molar-refractivity contribution in [3.63, 3.8) is 0 Å². The highest BCUT2D eigenvalue weighted by molar-refractivity contribution is 5.25. The first kappa shape index (κ1) is 11.6. The molecule has 0 spiro atoms. The van der Waals surface area contributed by atoms with Crippen molar-refractivity contribution in [3.05, 3.63) is 35.4 Å². The van der Waals surface area contributed by atoms with Gasteiger partial charge in [-0.25, -0.2) is 0 Å². The van der Waals surface area contributed by atoms with Crippen LogP contribution in [0.15, 0.2) is 24.3 Å². The second kappa shape index (κ2) is 5.46. The predicted molar refractivity (Wildman–Crippen MR) is 68.8 cm³/mol. The van der Waals surface area contributed by atoms with Crippen LogP contribution in [0.2, 0.25) is 0 Å². The van der Waals surface area contributed by atoms with Crippen molar-refractivity contribution in [1.82, 2.24) is 10.2 Å². The van der Waals surface area contributed by atoms with Crippen molar-refractivity contribution >= 4 is 0 Å². The van der Waals surface area contributed by atoms with E-state index in [0.717, 1.165) is 6.54 Å². The monoisotopic (exact) mass is 218 g/mol. The molecule has 88 valence electrons. The van der Waals surface area contributed by atoms with Gasteiger partial charge in [0.05, 0.1) is 0 Å². The van der Waals surface area contributed by atoms with E-state index in [9.17, 15) is 0 Å². The van der Waals surface area contributed by atoms with E-state index in [0.29, 0.717) is 6.04 Å². The number of piperazine rings is 1. The normalized spacial score (nSPS) is 22.2. The molecule has 1 heterocycles. The van der Waals surface area contributed by atoms with E-state index in [1.165, 1.54) is 37.1 Å². The lowest BCUT2D eigenvalue weighted by molar-refractivity contribution is 0.232. The summed E-state index contributed by atoms with van der Waals surface area (Å²) in [5.74, 6) is 0. The number of benzene rings is 1. The summed E-state index contributed by atoms with van der Waals surface area (Å²) in [5.41, 5.74) is 2.92. The Bertz CT molecular complexity index is 335. The van der Waals surface area contributed by atoms with Gasteiger partial charge in [0.1, 0.15) is 0 Å². The molecule has 0 aromatic heterocycles. The molecule has 1 unspecified atom stereocenters. The molecule has 1 aliphatic heterocycles. The molecule has 1 N–H and O–H groups in total. The summed E-state index contributed by atoms with van der Waals surface area (Å²) in [6.45, 7) is 5.71. The zero-order valence-corrected chi connectivity index (χ0v) is 10.4. The van der Waals surface area contributed by atoms with Crippen molar-refractivity contribution in [2.75, 3.05) is 26.7 Å². The maximum absolute atomic E-state index is 3.60. The van der Waals surface area contributed by atoms with Crippen LogP contribution in [0.25, 0.3) is 0 Å². The van der Waals surface area contributed by atoms with Crippen LogP contribution in [0, 0.1) is 6.92 Å². The highest BCUT2D eigenvalue weighted by Gasteiger charge is 2.15. The fourth-order valence-corrected chi connectivity index (χ4v) is 2.41. The highest BCUT2D eigenvalue weighted by Crippen LogP contribution is 2.12. The average Bonchev–Trinajstić information content (AvgIpc) is 2.28. The van der Waals surface area contributed by atoms with Gasteiger partial charge < -0.3 is 10.2 Å². The van der Waals surface area contributed by atoms with Gasteiger partial charge in [-0.15, -0.1) is 0 Å². The van der Waals surface area contributed by atoms with Crippen LogP contribution < -0.4 is 5.32 Å². The smallest absolute Gasteiger partial charge is 0.0198 e. The van der Waals surface area contributed by atoms with Crippen LogP contribution in [-0.2, 0) is 6.42 Å². The Kier molecular flexibility index (Phi) is 3.97. The Balaban J connectivity index is 1.85. The van der Waals surface area contributed by atoms with E-state index in [4.69, 9.17) is 0 Å². The third-order valence-electron chi connectivity index (χ3n) is 3.48. The number of likely N-dealkylation sites (N-methyl/N-ethyl adjacent to an activating group) is 1. The zero-order chi connectivity index (χ0) is 11.4. The molecule has 0 amide bonds. The van der Waals surface area contributed by atoms with Gasteiger partial charge in [0, 0.05) is 25.7 Å². The number of nitrogens with one attached hydrogen (secondary N) is 1. The molecule has 0 radical (unpaired) electrons. The van der Waals surface area contributed by atoms with Crippen molar-refractivity contribution < 1.29 is 0 Å². The van der Waals surface area contributed by atoms with E-state index in [1.807, 2.05) is 0 Å². The SMILES string of the molecule is Cc1ccccc1CCC1CN(C)CCN1. The second-order valence-electron chi connectivity index (χ2n) is 4.88.